The second kappa shape index (κ2) is 6.89. The molecule has 20 heavy (non-hydrogen) atoms. The molecule has 7 heteroatoms. The van der Waals surface area contributed by atoms with E-state index in [2.05, 4.69) is 20.7 Å². The number of hydrogen-bond donors (Lipinski definition) is 2. The van der Waals surface area contributed by atoms with Crippen LogP contribution in [0.5, 0.6) is 0 Å². The van der Waals surface area contributed by atoms with Gasteiger partial charge in [0.15, 0.2) is 0 Å². The van der Waals surface area contributed by atoms with E-state index in [4.69, 9.17) is 5.73 Å². The first-order valence-electron chi connectivity index (χ1n) is 6.35. The smallest absolute Gasteiger partial charge is 0.241 e. The van der Waals surface area contributed by atoms with Crippen LogP contribution in [-0.4, -0.2) is 40.0 Å². The average Bonchev–Trinajstić information content (AvgIpc) is 2.26. The van der Waals surface area contributed by atoms with Gasteiger partial charge in [0.2, 0.25) is 10.0 Å². The van der Waals surface area contributed by atoms with Crippen molar-refractivity contribution >= 4 is 31.6 Å². The van der Waals surface area contributed by atoms with Crippen LogP contribution in [0.15, 0.2) is 27.6 Å². The first kappa shape index (κ1) is 17.4. The van der Waals surface area contributed by atoms with Gasteiger partial charge in [-0.15, -0.1) is 0 Å². The summed E-state index contributed by atoms with van der Waals surface area (Å²) in [5.74, 6) is 0.194. The van der Waals surface area contributed by atoms with Crippen molar-refractivity contribution < 1.29 is 8.42 Å². The fraction of sp³-hybridized carbons (Fsp3) is 0.538. The molecule has 3 N–H and O–H groups in total. The molecule has 1 unspecified atom stereocenters. The second-order valence-electron chi connectivity index (χ2n) is 5.42. The molecule has 0 saturated heterocycles. The lowest BCUT2D eigenvalue weighted by molar-refractivity contribution is 0.314. The Bertz CT molecular complexity index is 559. The molecule has 1 aromatic rings. The zero-order chi connectivity index (χ0) is 15.5. The molecule has 114 valence electrons. The van der Waals surface area contributed by atoms with Gasteiger partial charge in [0.1, 0.15) is 0 Å². The van der Waals surface area contributed by atoms with Gasteiger partial charge >= 0.3 is 0 Å². The van der Waals surface area contributed by atoms with E-state index in [-0.39, 0.29) is 16.9 Å². The second-order valence-corrected chi connectivity index (χ2v) is 7.96. The average molecular weight is 364 g/mol. The van der Waals surface area contributed by atoms with Crippen molar-refractivity contribution in [2.24, 2.45) is 5.92 Å². The number of anilines is 1. The van der Waals surface area contributed by atoms with Crippen molar-refractivity contribution in [3.63, 3.8) is 0 Å². The van der Waals surface area contributed by atoms with Gasteiger partial charge in [-0.25, -0.2) is 13.1 Å². The van der Waals surface area contributed by atoms with Crippen molar-refractivity contribution in [2.45, 2.75) is 24.8 Å². The third-order valence-corrected chi connectivity index (χ3v) is 5.39. The van der Waals surface area contributed by atoms with Gasteiger partial charge in [-0.05, 0) is 54.1 Å². The van der Waals surface area contributed by atoms with Crippen molar-refractivity contribution in [3.8, 4) is 0 Å². The minimum atomic E-state index is -3.58. The van der Waals surface area contributed by atoms with Crippen LogP contribution in [-0.2, 0) is 10.0 Å². The summed E-state index contributed by atoms with van der Waals surface area (Å²) in [6, 6.07) is 4.52. The van der Waals surface area contributed by atoms with Crippen molar-refractivity contribution in [1.29, 1.82) is 0 Å². The minimum Gasteiger partial charge on any atom is -0.399 e. The van der Waals surface area contributed by atoms with Gasteiger partial charge < -0.3 is 10.6 Å². The third-order valence-electron chi connectivity index (χ3n) is 2.92. The maximum atomic E-state index is 12.5. The van der Waals surface area contributed by atoms with Crippen LogP contribution in [0.25, 0.3) is 0 Å². The maximum Gasteiger partial charge on any atom is 0.241 e. The molecule has 0 saturated carbocycles. The normalized spacial score (nSPS) is 13.9. The molecular weight excluding hydrogens is 342 g/mol. The summed E-state index contributed by atoms with van der Waals surface area (Å²) < 4.78 is 28.2. The molecule has 1 aromatic carbocycles. The fourth-order valence-electron chi connectivity index (χ4n) is 1.78. The van der Waals surface area contributed by atoms with E-state index in [9.17, 15) is 8.42 Å². The summed E-state index contributed by atoms with van der Waals surface area (Å²) in [5, 5.41) is 0. The minimum absolute atomic E-state index is 0.153. The van der Waals surface area contributed by atoms with E-state index in [0.717, 1.165) is 0 Å². The molecule has 0 amide bonds. The number of nitrogens with one attached hydrogen (secondary N) is 1. The number of benzene rings is 1. The molecule has 0 aliphatic carbocycles. The Morgan fingerprint density at radius 3 is 2.40 bits per heavy atom. The number of rotatable bonds is 6. The van der Waals surface area contributed by atoms with E-state index in [0.29, 0.717) is 16.7 Å². The number of likely N-dealkylation sites (N-methyl/N-ethyl adjacent to an activating group) is 1. The van der Waals surface area contributed by atoms with Crippen LogP contribution in [0, 0.1) is 5.92 Å². The highest BCUT2D eigenvalue weighted by molar-refractivity contribution is 9.10. The number of nitrogens with two attached hydrogens (primary N) is 1. The first-order valence-corrected chi connectivity index (χ1v) is 8.63. The topological polar surface area (TPSA) is 75.4 Å². The van der Waals surface area contributed by atoms with Crippen LogP contribution >= 0.6 is 15.9 Å². The Balaban J connectivity index is 3.03. The van der Waals surface area contributed by atoms with Crippen LogP contribution in [0.2, 0.25) is 0 Å². The monoisotopic (exact) mass is 363 g/mol. The number of nitrogen functional groups attached to an aromatic ring is 1. The van der Waals surface area contributed by atoms with Gasteiger partial charge in [-0.3, -0.25) is 0 Å². The first-order chi connectivity index (χ1) is 9.13. The van der Waals surface area contributed by atoms with Crippen molar-refractivity contribution in [1.82, 2.24) is 9.62 Å². The predicted octanol–water partition coefficient (Wildman–Crippen LogP) is 1.90. The Kier molecular flexibility index (Phi) is 6.00. The molecule has 0 aliphatic heterocycles. The molecule has 1 atom stereocenters. The number of hydrogen-bond acceptors (Lipinski definition) is 4. The summed E-state index contributed by atoms with van der Waals surface area (Å²) in [7, 11) is 0.262. The lowest BCUT2D eigenvalue weighted by atomic mass is 10.1. The summed E-state index contributed by atoms with van der Waals surface area (Å²) in [6.07, 6.45) is 0. The number of halogens is 1. The highest BCUT2D eigenvalue weighted by atomic mass is 79.9. The maximum absolute atomic E-state index is 12.5. The predicted molar refractivity (Wildman–Crippen MR) is 86.1 cm³/mol. The molecule has 0 heterocycles. The summed E-state index contributed by atoms with van der Waals surface area (Å²) in [6.45, 7) is 4.63. The van der Waals surface area contributed by atoms with E-state index in [1.54, 1.807) is 12.1 Å². The molecule has 0 radical (unpaired) electrons. The zero-order valence-electron chi connectivity index (χ0n) is 12.2. The zero-order valence-corrected chi connectivity index (χ0v) is 14.6. The van der Waals surface area contributed by atoms with E-state index < -0.39 is 10.0 Å². The lowest BCUT2D eigenvalue weighted by Gasteiger charge is -2.25. The Morgan fingerprint density at radius 2 is 1.95 bits per heavy atom. The van der Waals surface area contributed by atoms with Crippen molar-refractivity contribution in [3.05, 3.63) is 22.7 Å². The molecule has 5 nitrogen and oxygen atoms in total. The standard InChI is InChI=1S/C13H22BrN3O2S/c1-9(2)12(8-17(3)4)16-20(18,19)13-6-5-10(15)7-11(13)14/h5-7,9,12,16H,8,15H2,1-4H3. The molecular formula is C13H22BrN3O2S. The lowest BCUT2D eigenvalue weighted by Crippen LogP contribution is -2.44. The van der Waals surface area contributed by atoms with Gasteiger partial charge in [0.05, 0.1) is 4.90 Å². The van der Waals surface area contributed by atoms with Crippen LogP contribution in [0.1, 0.15) is 13.8 Å². The summed E-state index contributed by atoms with van der Waals surface area (Å²) in [4.78, 5) is 2.17. The third kappa shape index (κ3) is 4.73. The van der Waals surface area contributed by atoms with Crippen LogP contribution < -0.4 is 10.5 Å². The van der Waals surface area contributed by atoms with Gasteiger partial charge in [-0.1, -0.05) is 13.8 Å². The van der Waals surface area contributed by atoms with Gasteiger partial charge in [0, 0.05) is 22.7 Å². The fourth-order valence-corrected chi connectivity index (χ4v) is 4.25. The van der Waals surface area contributed by atoms with E-state index >= 15 is 0 Å². The highest BCUT2D eigenvalue weighted by Crippen LogP contribution is 2.24. The van der Waals surface area contributed by atoms with Crippen LogP contribution in [0.3, 0.4) is 0 Å². The van der Waals surface area contributed by atoms with Gasteiger partial charge in [0.25, 0.3) is 0 Å². The largest absolute Gasteiger partial charge is 0.399 e. The molecule has 0 aromatic heterocycles. The van der Waals surface area contributed by atoms with Crippen molar-refractivity contribution in [2.75, 3.05) is 26.4 Å². The Hall–Kier alpha value is -0.630. The quantitative estimate of drug-likeness (QED) is 0.756. The van der Waals surface area contributed by atoms with E-state index in [1.165, 1.54) is 6.07 Å². The Morgan fingerprint density at radius 1 is 1.35 bits per heavy atom. The van der Waals surface area contributed by atoms with Crippen LogP contribution in [0.4, 0.5) is 5.69 Å². The molecule has 1 rings (SSSR count). The molecule has 0 spiro atoms. The SMILES string of the molecule is CC(C)C(CN(C)C)NS(=O)(=O)c1ccc(N)cc1Br. The molecule has 0 fully saturated rings. The summed E-state index contributed by atoms with van der Waals surface area (Å²) >= 11 is 3.25. The summed E-state index contributed by atoms with van der Waals surface area (Å²) in [5.41, 5.74) is 6.15. The molecule has 0 aliphatic rings. The molecule has 0 bridgehead atoms. The highest BCUT2D eigenvalue weighted by Gasteiger charge is 2.24. The van der Waals surface area contributed by atoms with E-state index in [1.807, 2.05) is 32.8 Å². The van der Waals surface area contributed by atoms with Gasteiger partial charge in [-0.2, -0.15) is 0 Å². The number of nitrogens with zero attached hydrogens (tertiary/aromatic N) is 1. The Labute approximate surface area is 129 Å². The number of sulfonamides is 1.